The lowest BCUT2D eigenvalue weighted by atomic mass is 9.79. The molecule has 21 heavy (non-hydrogen) atoms. The van der Waals surface area contributed by atoms with Crippen molar-refractivity contribution in [2.75, 3.05) is 0 Å². The van der Waals surface area contributed by atoms with E-state index in [1.54, 1.807) is 24.3 Å². The fraction of sp³-hybridized carbons (Fsp3) is 0.400. The lowest BCUT2D eigenvalue weighted by molar-refractivity contribution is -0.117. The number of benzene rings is 1. The quantitative estimate of drug-likeness (QED) is 0.835. The molecule has 0 atom stereocenters. The number of carbonyl (C=O) groups excluding carboxylic acids is 1. The van der Waals surface area contributed by atoms with Crippen LogP contribution in [-0.4, -0.2) is 14.2 Å². The molecule has 0 aromatic heterocycles. The summed E-state index contributed by atoms with van der Waals surface area (Å²) in [6.07, 6.45) is 2.56. The van der Waals surface area contributed by atoms with E-state index in [0.29, 0.717) is 18.5 Å². The summed E-state index contributed by atoms with van der Waals surface area (Å²) in [5.74, 6) is 0.00304. The molecule has 0 radical (unpaired) electrons. The Morgan fingerprint density at radius 1 is 1.10 bits per heavy atom. The molecule has 2 rings (SSSR count). The summed E-state index contributed by atoms with van der Waals surface area (Å²) in [4.78, 5) is 14.1. The van der Waals surface area contributed by atoms with Gasteiger partial charge in [-0.05, 0) is 30.9 Å². The van der Waals surface area contributed by atoms with Gasteiger partial charge in [-0.2, -0.15) is 0 Å². The van der Waals surface area contributed by atoms with Crippen LogP contribution in [0.25, 0.3) is 0 Å². The summed E-state index contributed by atoms with van der Waals surface area (Å²) >= 11 is 0. The molecule has 0 saturated carbocycles. The summed E-state index contributed by atoms with van der Waals surface area (Å²) < 4.78 is 24.3. The molecule has 0 aliphatic heterocycles. The Hall–Kier alpha value is -1.66. The topological polar surface area (TPSA) is 75.3 Å². The second kappa shape index (κ2) is 5.61. The Morgan fingerprint density at radius 2 is 1.71 bits per heavy atom. The lowest BCUT2D eigenvalue weighted by Crippen LogP contribution is -2.39. The van der Waals surface area contributed by atoms with E-state index < -0.39 is 10.0 Å². The van der Waals surface area contributed by atoms with E-state index in [4.69, 9.17) is 0 Å². The number of aryl methyl sites for hydroxylation is 1. The van der Waals surface area contributed by atoms with E-state index in [1.807, 2.05) is 20.8 Å². The Bertz CT molecular complexity index is 673. The fourth-order valence-corrected chi connectivity index (χ4v) is 3.21. The van der Waals surface area contributed by atoms with E-state index in [-0.39, 0.29) is 16.1 Å². The minimum Gasteiger partial charge on any atom is -0.312 e. The summed E-state index contributed by atoms with van der Waals surface area (Å²) in [5, 5.41) is 0. The van der Waals surface area contributed by atoms with Crippen molar-refractivity contribution in [1.82, 2.24) is 10.3 Å². The van der Waals surface area contributed by atoms with Crippen LogP contribution in [0.2, 0.25) is 0 Å². The monoisotopic (exact) mass is 308 g/mol. The maximum absolute atomic E-state index is 12.1. The van der Waals surface area contributed by atoms with Gasteiger partial charge in [-0.15, -0.1) is 4.83 Å². The van der Waals surface area contributed by atoms with Crippen molar-refractivity contribution in [2.24, 2.45) is 5.41 Å². The first-order valence-corrected chi connectivity index (χ1v) is 8.24. The van der Waals surface area contributed by atoms with Gasteiger partial charge in [0.1, 0.15) is 0 Å². The van der Waals surface area contributed by atoms with Gasteiger partial charge in [0, 0.05) is 18.2 Å². The predicted octanol–water partition coefficient (Wildman–Crippen LogP) is 2.05. The van der Waals surface area contributed by atoms with Crippen molar-refractivity contribution >= 4 is 15.8 Å². The van der Waals surface area contributed by atoms with Crippen molar-refractivity contribution in [3.63, 3.8) is 0 Å². The minimum absolute atomic E-state index is 0.00304. The Kier molecular flexibility index (Phi) is 4.20. The first-order chi connectivity index (χ1) is 9.68. The third-order valence-corrected chi connectivity index (χ3v) is 4.60. The van der Waals surface area contributed by atoms with Gasteiger partial charge in [0.2, 0.25) is 0 Å². The summed E-state index contributed by atoms with van der Waals surface area (Å²) in [6, 6.07) is 6.57. The molecule has 0 fully saturated rings. The first kappa shape index (κ1) is 15.7. The van der Waals surface area contributed by atoms with E-state index >= 15 is 0 Å². The van der Waals surface area contributed by atoms with Crippen LogP contribution in [0.3, 0.4) is 0 Å². The Morgan fingerprint density at radius 3 is 2.29 bits per heavy atom. The zero-order valence-electron chi connectivity index (χ0n) is 12.4. The number of ketones is 1. The molecule has 0 heterocycles. The number of hydrogen-bond donors (Lipinski definition) is 2. The van der Waals surface area contributed by atoms with Crippen molar-refractivity contribution in [3.05, 3.63) is 41.6 Å². The fourth-order valence-electron chi connectivity index (χ4n) is 2.34. The van der Waals surface area contributed by atoms with Crippen LogP contribution in [0.5, 0.6) is 0 Å². The number of carbonyl (C=O) groups is 1. The molecule has 2 N–H and O–H groups in total. The molecule has 5 nitrogen and oxygen atoms in total. The number of nitrogens with one attached hydrogen (secondary N) is 2. The maximum Gasteiger partial charge on any atom is 0.257 e. The van der Waals surface area contributed by atoms with Gasteiger partial charge in [0.25, 0.3) is 10.0 Å². The van der Waals surface area contributed by atoms with Crippen LogP contribution in [0.4, 0.5) is 0 Å². The number of sulfonamides is 1. The smallest absolute Gasteiger partial charge is 0.257 e. The predicted molar refractivity (Wildman–Crippen MR) is 80.7 cm³/mol. The Labute approximate surface area is 125 Å². The SMILES string of the molecule is Cc1ccc(S(=O)(=O)NNC2=CC(=O)CC(C)(C)C2)cc1. The van der Waals surface area contributed by atoms with Crippen LogP contribution in [0.1, 0.15) is 32.3 Å². The summed E-state index contributed by atoms with van der Waals surface area (Å²) in [7, 11) is -3.64. The van der Waals surface area contributed by atoms with Crippen molar-refractivity contribution < 1.29 is 13.2 Å². The first-order valence-electron chi connectivity index (χ1n) is 6.76. The third kappa shape index (κ3) is 4.15. The Balaban J connectivity index is 2.09. The highest BCUT2D eigenvalue weighted by Crippen LogP contribution is 2.32. The number of hydrazine groups is 1. The van der Waals surface area contributed by atoms with Crippen LogP contribution in [0, 0.1) is 12.3 Å². The van der Waals surface area contributed by atoms with Gasteiger partial charge < -0.3 is 5.43 Å². The second-order valence-electron chi connectivity index (χ2n) is 6.20. The minimum atomic E-state index is -3.64. The van der Waals surface area contributed by atoms with Crippen molar-refractivity contribution in [1.29, 1.82) is 0 Å². The zero-order valence-corrected chi connectivity index (χ0v) is 13.3. The van der Waals surface area contributed by atoms with E-state index in [9.17, 15) is 13.2 Å². The molecular weight excluding hydrogens is 288 g/mol. The van der Waals surface area contributed by atoms with Crippen LogP contribution in [-0.2, 0) is 14.8 Å². The molecule has 1 aromatic carbocycles. The highest BCUT2D eigenvalue weighted by atomic mass is 32.2. The normalized spacial score (nSPS) is 18.2. The molecular formula is C15H20N2O3S. The third-order valence-electron chi connectivity index (χ3n) is 3.33. The van der Waals surface area contributed by atoms with Crippen LogP contribution >= 0.6 is 0 Å². The van der Waals surface area contributed by atoms with Gasteiger partial charge in [0.05, 0.1) is 4.90 Å². The van der Waals surface area contributed by atoms with E-state index in [2.05, 4.69) is 10.3 Å². The number of rotatable bonds is 4. The maximum atomic E-state index is 12.1. The molecule has 0 bridgehead atoms. The van der Waals surface area contributed by atoms with Gasteiger partial charge in [-0.25, -0.2) is 8.42 Å². The molecule has 6 heteroatoms. The standard InChI is InChI=1S/C15H20N2O3S/c1-11-4-6-14(7-5-11)21(19,20)17-16-12-8-13(18)10-15(2,3)9-12/h4-8,16-17H,9-10H2,1-3H3. The van der Waals surface area contributed by atoms with Gasteiger partial charge >= 0.3 is 0 Å². The highest BCUT2D eigenvalue weighted by molar-refractivity contribution is 7.89. The molecule has 0 saturated heterocycles. The molecule has 0 unspecified atom stereocenters. The van der Waals surface area contributed by atoms with Gasteiger partial charge in [-0.1, -0.05) is 31.5 Å². The summed E-state index contributed by atoms with van der Waals surface area (Å²) in [6.45, 7) is 5.85. The lowest BCUT2D eigenvalue weighted by Gasteiger charge is -2.29. The second-order valence-corrected chi connectivity index (χ2v) is 7.88. The number of hydrogen-bond acceptors (Lipinski definition) is 4. The van der Waals surface area contributed by atoms with E-state index in [0.717, 1.165) is 5.56 Å². The zero-order chi connectivity index (χ0) is 15.7. The molecule has 0 spiro atoms. The van der Waals surface area contributed by atoms with Crippen LogP contribution < -0.4 is 10.3 Å². The molecule has 1 aliphatic carbocycles. The van der Waals surface area contributed by atoms with Crippen molar-refractivity contribution in [3.8, 4) is 0 Å². The largest absolute Gasteiger partial charge is 0.312 e. The molecule has 1 aromatic rings. The van der Waals surface area contributed by atoms with Gasteiger partial charge in [0.15, 0.2) is 5.78 Å². The molecule has 1 aliphatic rings. The highest BCUT2D eigenvalue weighted by Gasteiger charge is 2.28. The average molecular weight is 308 g/mol. The molecule has 0 amide bonds. The number of allylic oxidation sites excluding steroid dienone is 2. The molecule has 114 valence electrons. The van der Waals surface area contributed by atoms with Crippen LogP contribution in [0.15, 0.2) is 40.9 Å². The average Bonchev–Trinajstić information content (AvgIpc) is 2.35. The van der Waals surface area contributed by atoms with Gasteiger partial charge in [-0.3, -0.25) is 4.79 Å². The van der Waals surface area contributed by atoms with Crippen molar-refractivity contribution in [2.45, 2.75) is 38.5 Å². The van der Waals surface area contributed by atoms with E-state index in [1.165, 1.54) is 6.08 Å². The summed E-state index contributed by atoms with van der Waals surface area (Å²) in [5.41, 5.74) is 4.08.